The Balaban J connectivity index is 2.33. The molecule has 1 radical (unpaired) electrons. The fraction of sp³-hybridized carbons (Fsp3) is 0.273. The number of unbranched alkanes of at least 4 members (excludes halogenated alkanes) is 1. The van der Waals surface area contributed by atoms with E-state index in [-0.39, 0.29) is 0 Å². The lowest BCUT2D eigenvalue weighted by Crippen LogP contribution is -1.82. The Kier molecular flexibility index (Phi) is 3.46. The van der Waals surface area contributed by atoms with Crippen LogP contribution in [-0.2, 0) is 6.42 Å². The van der Waals surface area contributed by atoms with Gasteiger partial charge in [-0.1, -0.05) is 30.3 Å². The third-order valence-corrected chi connectivity index (χ3v) is 1.66. The molecule has 1 aromatic carbocycles. The van der Waals surface area contributed by atoms with Gasteiger partial charge >= 0.3 is 0 Å². The summed E-state index contributed by atoms with van der Waals surface area (Å²) in [6, 6.07) is 11.2. The average Bonchev–Trinajstić information content (AvgIpc) is 2.07. The Bertz CT molecular complexity index is 199. The van der Waals surface area contributed by atoms with Crippen LogP contribution in [0.1, 0.15) is 18.4 Å². The van der Waals surface area contributed by atoms with Crippen LogP contribution in [0.5, 0.6) is 0 Å². The minimum absolute atomic E-state index is 1.11. The van der Waals surface area contributed by atoms with Crippen LogP contribution in [0.15, 0.2) is 36.9 Å². The first kappa shape index (κ1) is 8.06. The van der Waals surface area contributed by atoms with Crippen LogP contribution in [0.25, 0.3) is 0 Å². The standard InChI is InChI=1S/C11H13/c1-2-3-5-8-11-9-6-4-7-10-11/h2,6-7,9-10H,1,3,5,8H2. The molecule has 0 fully saturated rings. The molecule has 57 valence electrons. The minimum Gasteiger partial charge on any atom is -0.103 e. The first-order valence-corrected chi connectivity index (χ1v) is 3.99. The lowest BCUT2D eigenvalue weighted by atomic mass is 10.1. The van der Waals surface area contributed by atoms with Crippen LogP contribution in [-0.4, -0.2) is 0 Å². The molecule has 0 amide bonds. The number of aryl methyl sites for hydroxylation is 1. The fourth-order valence-corrected chi connectivity index (χ4v) is 1.04. The van der Waals surface area contributed by atoms with Crippen LogP contribution in [0.2, 0.25) is 0 Å². The molecule has 0 aromatic heterocycles. The van der Waals surface area contributed by atoms with E-state index < -0.39 is 0 Å². The summed E-state index contributed by atoms with van der Waals surface area (Å²) in [5, 5.41) is 0. The van der Waals surface area contributed by atoms with Crippen molar-refractivity contribution in [2.45, 2.75) is 19.3 Å². The van der Waals surface area contributed by atoms with Crippen molar-refractivity contribution in [1.29, 1.82) is 0 Å². The summed E-state index contributed by atoms with van der Waals surface area (Å²) in [6.07, 6.45) is 5.43. The van der Waals surface area contributed by atoms with Crippen LogP contribution in [0, 0.1) is 6.07 Å². The van der Waals surface area contributed by atoms with Crippen molar-refractivity contribution in [1.82, 2.24) is 0 Å². The van der Waals surface area contributed by atoms with Crippen LogP contribution >= 0.6 is 0 Å². The van der Waals surface area contributed by atoms with Crippen molar-refractivity contribution in [3.8, 4) is 0 Å². The summed E-state index contributed by atoms with van der Waals surface area (Å²) < 4.78 is 0. The van der Waals surface area contributed by atoms with Gasteiger partial charge in [0.2, 0.25) is 0 Å². The molecule has 0 aliphatic heterocycles. The summed E-state index contributed by atoms with van der Waals surface area (Å²) >= 11 is 0. The van der Waals surface area contributed by atoms with Gasteiger partial charge in [0, 0.05) is 0 Å². The smallest absolute Gasteiger partial charge is 0.0184 e. The van der Waals surface area contributed by atoms with Crippen molar-refractivity contribution in [3.05, 3.63) is 48.6 Å². The van der Waals surface area contributed by atoms with E-state index >= 15 is 0 Å². The molecule has 0 bridgehead atoms. The molecule has 0 heteroatoms. The normalized spacial score (nSPS) is 9.45. The summed E-state index contributed by atoms with van der Waals surface area (Å²) in [5.41, 5.74) is 1.39. The second-order valence-electron chi connectivity index (χ2n) is 2.59. The Morgan fingerprint density at radius 2 is 2.09 bits per heavy atom. The van der Waals surface area contributed by atoms with E-state index in [1.54, 1.807) is 0 Å². The van der Waals surface area contributed by atoms with Crippen LogP contribution in [0.3, 0.4) is 0 Å². The van der Waals surface area contributed by atoms with Gasteiger partial charge in [-0.05, 0) is 30.9 Å². The summed E-state index contributed by atoms with van der Waals surface area (Å²) in [4.78, 5) is 0. The molecule has 0 unspecified atom stereocenters. The van der Waals surface area contributed by atoms with Gasteiger partial charge in [0.15, 0.2) is 0 Å². The van der Waals surface area contributed by atoms with E-state index in [1.165, 1.54) is 12.0 Å². The highest BCUT2D eigenvalue weighted by Gasteiger charge is 1.88. The first-order chi connectivity index (χ1) is 5.43. The summed E-state index contributed by atoms with van der Waals surface area (Å²) in [7, 11) is 0. The quantitative estimate of drug-likeness (QED) is 0.451. The molecule has 0 saturated carbocycles. The van der Waals surface area contributed by atoms with Gasteiger partial charge in [0.25, 0.3) is 0 Å². The number of allylic oxidation sites excluding steroid dienone is 1. The number of rotatable bonds is 4. The zero-order valence-electron chi connectivity index (χ0n) is 6.72. The Labute approximate surface area is 68.6 Å². The molecule has 0 aliphatic rings. The maximum absolute atomic E-state index is 3.69. The van der Waals surface area contributed by atoms with E-state index in [0.717, 1.165) is 12.8 Å². The Morgan fingerprint density at radius 3 is 2.73 bits per heavy atom. The van der Waals surface area contributed by atoms with Gasteiger partial charge in [-0.25, -0.2) is 0 Å². The molecule has 1 rings (SSSR count). The third kappa shape index (κ3) is 3.03. The number of hydrogen-bond acceptors (Lipinski definition) is 0. The highest BCUT2D eigenvalue weighted by molar-refractivity contribution is 5.13. The third-order valence-electron chi connectivity index (χ3n) is 1.66. The van der Waals surface area contributed by atoms with E-state index in [9.17, 15) is 0 Å². The highest BCUT2D eigenvalue weighted by atomic mass is 13.9. The molecule has 11 heavy (non-hydrogen) atoms. The SMILES string of the molecule is C=CCCCc1cc[c]cc1. The molecule has 0 heterocycles. The van der Waals surface area contributed by atoms with Crippen molar-refractivity contribution >= 4 is 0 Å². The second kappa shape index (κ2) is 4.73. The average molecular weight is 145 g/mol. The molecular formula is C11H13. The largest absolute Gasteiger partial charge is 0.103 e. The van der Waals surface area contributed by atoms with Gasteiger partial charge in [-0.2, -0.15) is 0 Å². The summed E-state index contributed by atoms with van der Waals surface area (Å²) in [5.74, 6) is 0. The van der Waals surface area contributed by atoms with E-state index in [1.807, 2.05) is 18.2 Å². The molecular weight excluding hydrogens is 132 g/mol. The van der Waals surface area contributed by atoms with Gasteiger partial charge in [-0.3, -0.25) is 0 Å². The van der Waals surface area contributed by atoms with Crippen molar-refractivity contribution in [3.63, 3.8) is 0 Å². The van der Waals surface area contributed by atoms with Crippen molar-refractivity contribution < 1.29 is 0 Å². The molecule has 0 nitrogen and oxygen atoms in total. The van der Waals surface area contributed by atoms with Crippen molar-refractivity contribution in [2.75, 3.05) is 0 Å². The lowest BCUT2D eigenvalue weighted by Gasteiger charge is -1.96. The topological polar surface area (TPSA) is 0 Å². The molecule has 0 N–H and O–H groups in total. The Morgan fingerprint density at radius 1 is 1.36 bits per heavy atom. The van der Waals surface area contributed by atoms with Gasteiger partial charge in [0.1, 0.15) is 0 Å². The van der Waals surface area contributed by atoms with E-state index in [2.05, 4.69) is 24.8 Å². The maximum Gasteiger partial charge on any atom is -0.0184 e. The maximum atomic E-state index is 3.69. The number of benzene rings is 1. The summed E-state index contributed by atoms with van der Waals surface area (Å²) in [6.45, 7) is 3.69. The predicted octanol–water partition coefficient (Wildman–Crippen LogP) is 3.00. The highest BCUT2D eigenvalue weighted by Crippen LogP contribution is 2.03. The van der Waals surface area contributed by atoms with Crippen LogP contribution < -0.4 is 0 Å². The number of hydrogen-bond donors (Lipinski definition) is 0. The Hall–Kier alpha value is -1.04. The first-order valence-electron chi connectivity index (χ1n) is 3.99. The van der Waals surface area contributed by atoms with Gasteiger partial charge in [-0.15, -0.1) is 6.58 Å². The van der Waals surface area contributed by atoms with E-state index in [4.69, 9.17) is 0 Å². The van der Waals surface area contributed by atoms with Gasteiger partial charge in [0.05, 0.1) is 0 Å². The van der Waals surface area contributed by atoms with Crippen LogP contribution in [0.4, 0.5) is 0 Å². The second-order valence-corrected chi connectivity index (χ2v) is 2.59. The molecule has 0 saturated heterocycles. The zero-order chi connectivity index (χ0) is 7.94. The monoisotopic (exact) mass is 145 g/mol. The van der Waals surface area contributed by atoms with E-state index in [0.29, 0.717) is 0 Å². The fourth-order valence-electron chi connectivity index (χ4n) is 1.04. The predicted molar refractivity (Wildman–Crippen MR) is 48.4 cm³/mol. The molecule has 0 aliphatic carbocycles. The molecule has 0 atom stereocenters. The van der Waals surface area contributed by atoms with Crippen molar-refractivity contribution in [2.24, 2.45) is 0 Å². The minimum atomic E-state index is 1.11. The molecule has 0 spiro atoms. The zero-order valence-corrected chi connectivity index (χ0v) is 6.72. The lowest BCUT2D eigenvalue weighted by molar-refractivity contribution is 0.844. The van der Waals surface area contributed by atoms with Gasteiger partial charge < -0.3 is 0 Å². The molecule has 1 aromatic rings.